The van der Waals surface area contributed by atoms with Gasteiger partial charge in [0.25, 0.3) is 0 Å². The number of hydrogen-bond donors (Lipinski definition) is 1. The van der Waals surface area contributed by atoms with Crippen molar-refractivity contribution in [1.29, 1.82) is 0 Å². The van der Waals surface area contributed by atoms with Gasteiger partial charge in [-0.2, -0.15) is 0 Å². The normalized spacial score (nSPS) is 13.5. The molecule has 0 saturated heterocycles. The number of nitrogens with two attached hydrogens (primary N) is 1. The third-order valence-electron chi connectivity index (χ3n) is 2.07. The van der Waals surface area contributed by atoms with Gasteiger partial charge in [-0.1, -0.05) is 27.2 Å². The highest BCUT2D eigenvalue weighted by Gasteiger charge is 2.20. The lowest BCUT2D eigenvalue weighted by molar-refractivity contribution is -0.121. The minimum absolute atomic E-state index is 0.00463. The number of carbonyl (C=O) groups excluding carboxylic acids is 1. The first-order valence-corrected chi connectivity index (χ1v) is 4.25. The monoisotopic (exact) mass is 156 g/mol. The number of carbonyl (C=O) groups is 1. The van der Waals surface area contributed by atoms with E-state index in [9.17, 15) is 4.79 Å². The second-order valence-electron chi connectivity index (χ2n) is 2.94. The molecule has 11 heavy (non-hydrogen) atoms. The van der Waals surface area contributed by atoms with Crippen LogP contribution in [0, 0.1) is 11.8 Å². The fourth-order valence-corrected chi connectivity index (χ4v) is 1.17. The van der Waals surface area contributed by atoms with Crippen molar-refractivity contribution < 1.29 is 4.79 Å². The van der Waals surface area contributed by atoms with Crippen molar-refractivity contribution in [1.82, 2.24) is 0 Å². The molecule has 0 aliphatic heterocycles. The van der Waals surface area contributed by atoms with Crippen LogP contribution in [0.15, 0.2) is 0 Å². The van der Waals surface area contributed by atoms with Crippen LogP contribution in [0.4, 0.5) is 0 Å². The smallest absolute Gasteiger partial charge is 0.221 e. The van der Waals surface area contributed by atoms with Gasteiger partial charge in [-0.25, -0.2) is 0 Å². The molecule has 0 aliphatic rings. The van der Waals surface area contributed by atoms with Gasteiger partial charge < -0.3 is 5.73 Å². The van der Waals surface area contributed by atoms with Crippen molar-refractivity contribution in [3.63, 3.8) is 0 Å². The first-order chi connectivity index (χ1) is 5.13. The van der Waals surface area contributed by atoms with Crippen molar-refractivity contribution in [2.45, 2.75) is 40.0 Å². The Kier molecular flexibility index (Phi) is 4.92. The molecule has 65 valence electrons. The van der Waals surface area contributed by atoms with Crippen LogP contribution in [0.25, 0.3) is 0 Å². The summed E-state index contributed by atoms with van der Waals surface area (Å²) in [7, 11) is 0. The molecule has 0 aliphatic carbocycles. The molecule has 0 aromatic rings. The van der Waals surface area contributed by atoms with Crippen LogP contribution in [-0.2, 0) is 4.79 Å². The fraction of sp³-hybridized carbons (Fsp3) is 0.778. The highest BCUT2D eigenvalue weighted by Crippen LogP contribution is 2.21. The first-order valence-electron chi connectivity index (χ1n) is 4.25. The lowest BCUT2D eigenvalue weighted by Gasteiger charge is -2.17. The van der Waals surface area contributed by atoms with Gasteiger partial charge in [-0.05, 0) is 18.8 Å². The van der Waals surface area contributed by atoms with Crippen molar-refractivity contribution in [3.05, 3.63) is 5.92 Å². The van der Waals surface area contributed by atoms with E-state index in [1.54, 1.807) is 0 Å². The molecular formula is C9H18NO. The molecule has 1 amide bonds. The zero-order chi connectivity index (χ0) is 8.85. The molecular weight excluding hydrogens is 138 g/mol. The number of hydrogen-bond acceptors (Lipinski definition) is 1. The quantitative estimate of drug-likeness (QED) is 0.649. The maximum Gasteiger partial charge on any atom is 0.221 e. The van der Waals surface area contributed by atoms with Gasteiger partial charge >= 0.3 is 0 Å². The number of primary amides is 1. The summed E-state index contributed by atoms with van der Waals surface area (Å²) in [6.45, 7) is 6.13. The Morgan fingerprint density at radius 2 is 2.00 bits per heavy atom. The molecule has 1 unspecified atom stereocenters. The molecule has 2 nitrogen and oxygen atoms in total. The van der Waals surface area contributed by atoms with Crippen LogP contribution < -0.4 is 5.73 Å². The fourth-order valence-electron chi connectivity index (χ4n) is 1.17. The van der Waals surface area contributed by atoms with E-state index in [0.29, 0.717) is 0 Å². The van der Waals surface area contributed by atoms with Crippen molar-refractivity contribution in [2.75, 3.05) is 0 Å². The summed E-state index contributed by atoms with van der Waals surface area (Å²) in [6.07, 6.45) is 2.87. The average Bonchev–Trinajstić information content (AvgIpc) is 1.98. The Hall–Kier alpha value is -0.530. The predicted molar refractivity (Wildman–Crippen MR) is 46.8 cm³/mol. The van der Waals surface area contributed by atoms with Gasteiger partial charge in [0.15, 0.2) is 0 Å². The van der Waals surface area contributed by atoms with Crippen LogP contribution in [0.3, 0.4) is 0 Å². The van der Waals surface area contributed by atoms with Crippen molar-refractivity contribution in [3.8, 4) is 0 Å². The summed E-state index contributed by atoms with van der Waals surface area (Å²) < 4.78 is 0. The second-order valence-corrected chi connectivity index (χ2v) is 2.94. The molecule has 0 aromatic carbocycles. The van der Waals surface area contributed by atoms with Gasteiger partial charge in [0, 0.05) is 5.92 Å². The maximum absolute atomic E-state index is 10.9. The average molecular weight is 156 g/mol. The van der Waals surface area contributed by atoms with Crippen molar-refractivity contribution >= 4 is 5.91 Å². The third-order valence-corrected chi connectivity index (χ3v) is 2.07. The predicted octanol–water partition coefficient (Wildman–Crippen LogP) is 1.89. The molecule has 0 aromatic heterocycles. The van der Waals surface area contributed by atoms with E-state index >= 15 is 0 Å². The van der Waals surface area contributed by atoms with Crippen molar-refractivity contribution in [2.24, 2.45) is 11.7 Å². The lowest BCUT2D eigenvalue weighted by Crippen LogP contribution is -2.27. The van der Waals surface area contributed by atoms with E-state index in [1.165, 1.54) is 5.92 Å². The van der Waals surface area contributed by atoms with Crippen LogP contribution in [-0.4, -0.2) is 5.91 Å². The van der Waals surface area contributed by atoms with Crippen LogP contribution in [0.5, 0.6) is 0 Å². The third kappa shape index (κ3) is 3.40. The van der Waals surface area contributed by atoms with Gasteiger partial charge in [-0.3, -0.25) is 4.79 Å². The van der Waals surface area contributed by atoms with E-state index in [0.717, 1.165) is 19.3 Å². The highest BCUT2D eigenvalue weighted by molar-refractivity contribution is 5.78. The largest absolute Gasteiger partial charge is 0.369 e. The summed E-state index contributed by atoms with van der Waals surface area (Å²) in [4.78, 5) is 10.9. The van der Waals surface area contributed by atoms with Gasteiger partial charge in [-0.15, -0.1) is 0 Å². The van der Waals surface area contributed by atoms with Crippen LogP contribution in [0.2, 0.25) is 0 Å². The number of amides is 1. The van der Waals surface area contributed by atoms with Gasteiger partial charge in [0.1, 0.15) is 0 Å². The van der Waals surface area contributed by atoms with E-state index < -0.39 is 0 Å². The summed E-state index contributed by atoms with van der Waals surface area (Å²) >= 11 is 0. The molecule has 1 radical (unpaired) electrons. The number of rotatable bonds is 5. The topological polar surface area (TPSA) is 43.1 Å². The molecule has 0 heterocycles. The standard InChI is InChI=1S/C9H18NO/c1-4-6-8(9(10)11)7(3)5-2/h8H,4-6H2,1-3H3,(H2,10,11). The Morgan fingerprint density at radius 1 is 1.45 bits per heavy atom. The minimum atomic E-state index is -0.175. The SMILES string of the molecule is CCCC([C](C)CC)C(N)=O. The molecule has 1 atom stereocenters. The van der Waals surface area contributed by atoms with Gasteiger partial charge in [0.2, 0.25) is 5.91 Å². The summed E-state index contributed by atoms with van der Waals surface area (Å²) in [6, 6.07) is 0. The zero-order valence-electron chi connectivity index (χ0n) is 7.68. The molecule has 2 heteroatoms. The lowest BCUT2D eigenvalue weighted by atomic mass is 9.88. The Labute approximate surface area is 69.2 Å². The summed E-state index contributed by atoms with van der Waals surface area (Å²) in [5, 5.41) is 0. The zero-order valence-corrected chi connectivity index (χ0v) is 7.68. The summed E-state index contributed by atoms with van der Waals surface area (Å²) in [5.41, 5.74) is 5.24. The minimum Gasteiger partial charge on any atom is -0.369 e. The Bertz CT molecular complexity index is 123. The van der Waals surface area contributed by atoms with E-state index in [-0.39, 0.29) is 11.8 Å². The molecule has 0 rings (SSSR count). The highest BCUT2D eigenvalue weighted by atomic mass is 16.1. The molecule has 0 fully saturated rings. The van der Waals surface area contributed by atoms with E-state index in [2.05, 4.69) is 13.8 Å². The van der Waals surface area contributed by atoms with Gasteiger partial charge in [0.05, 0.1) is 0 Å². The van der Waals surface area contributed by atoms with Crippen LogP contribution in [0.1, 0.15) is 40.0 Å². The Balaban J connectivity index is 3.97. The maximum atomic E-state index is 10.9. The molecule has 0 saturated carbocycles. The first kappa shape index (κ1) is 10.5. The second kappa shape index (κ2) is 5.16. The molecule has 2 N–H and O–H groups in total. The summed E-state index contributed by atoms with van der Waals surface area (Å²) in [5.74, 6) is 1.04. The van der Waals surface area contributed by atoms with E-state index in [4.69, 9.17) is 5.73 Å². The van der Waals surface area contributed by atoms with E-state index in [1.807, 2.05) is 6.92 Å². The molecule has 0 bridgehead atoms. The Morgan fingerprint density at radius 3 is 2.27 bits per heavy atom. The van der Waals surface area contributed by atoms with Crippen LogP contribution >= 0.6 is 0 Å². The molecule has 0 spiro atoms.